The highest BCUT2D eigenvalue weighted by molar-refractivity contribution is 7.80. The molecular formula is C18H19ClN2O6S. The van der Waals surface area contributed by atoms with Gasteiger partial charge in [0.25, 0.3) is 11.8 Å². The Morgan fingerprint density at radius 1 is 1.25 bits per heavy atom. The van der Waals surface area contributed by atoms with Crippen LogP contribution in [-0.4, -0.2) is 54.7 Å². The normalized spacial score (nSPS) is 15.5. The third kappa shape index (κ3) is 4.99. The van der Waals surface area contributed by atoms with Gasteiger partial charge in [-0.2, -0.15) is 0 Å². The number of likely N-dealkylation sites (N-methyl/N-ethyl adjacent to an activating group) is 1. The first-order valence-electron chi connectivity index (χ1n) is 8.38. The number of hydrogen-bond donors (Lipinski definition) is 1. The standard InChI is InChI=1S/C18H19ClN2O6S/c1-4-25-13-8-10(6-11-16(23)20-18(28)21(3)17(11)24)7-12(19)15(13)27-9-14(22)26-5-2/h6-8H,4-5,9H2,1-3H3,(H,20,23,28)/b11-6+. The number of benzene rings is 1. The lowest BCUT2D eigenvalue weighted by atomic mass is 10.1. The van der Waals surface area contributed by atoms with Crippen molar-refractivity contribution in [2.24, 2.45) is 0 Å². The van der Waals surface area contributed by atoms with Crippen LogP contribution in [0.1, 0.15) is 19.4 Å². The summed E-state index contributed by atoms with van der Waals surface area (Å²) in [7, 11) is 1.46. The van der Waals surface area contributed by atoms with Gasteiger partial charge in [0.15, 0.2) is 23.2 Å². The van der Waals surface area contributed by atoms with Crippen LogP contribution in [0.2, 0.25) is 5.02 Å². The van der Waals surface area contributed by atoms with E-state index in [4.69, 9.17) is 38.0 Å². The summed E-state index contributed by atoms with van der Waals surface area (Å²) in [5, 5.41) is 2.61. The van der Waals surface area contributed by atoms with Crippen molar-refractivity contribution < 1.29 is 28.6 Å². The summed E-state index contributed by atoms with van der Waals surface area (Å²) in [5.41, 5.74) is 0.339. The minimum absolute atomic E-state index is 0.0305. The van der Waals surface area contributed by atoms with Gasteiger partial charge in [-0.05, 0) is 49.8 Å². The van der Waals surface area contributed by atoms with Gasteiger partial charge in [0.1, 0.15) is 5.57 Å². The van der Waals surface area contributed by atoms with Crippen LogP contribution >= 0.6 is 23.8 Å². The molecule has 1 aliphatic heterocycles. The maximum Gasteiger partial charge on any atom is 0.344 e. The first kappa shape index (κ1) is 21.6. The SMILES string of the molecule is CCOC(=O)COc1c(Cl)cc(/C=C2\C(=O)NC(=S)N(C)C2=O)cc1OCC. The van der Waals surface area contributed by atoms with Gasteiger partial charge in [-0.3, -0.25) is 19.8 Å². The van der Waals surface area contributed by atoms with Gasteiger partial charge in [0.2, 0.25) is 0 Å². The zero-order valence-corrected chi connectivity index (χ0v) is 17.1. The van der Waals surface area contributed by atoms with Crippen LogP contribution in [0.5, 0.6) is 11.5 Å². The molecule has 8 nitrogen and oxygen atoms in total. The van der Waals surface area contributed by atoms with Crippen molar-refractivity contribution in [1.29, 1.82) is 0 Å². The quantitative estimate of drug-likeness (QED) is 0.308. The predicted octanol–water partition coefficient (Wildman–Crippen LogP) is 1.94. The fourth-order valence-electron chi connectivity index (χ4n) is 2.32. The van der Waals surface area contributed by atoms with E-state index in [0.717, 1.165) is 4.90 Å². The number of carbonyl (C=O) groups excluding carboxylic acids is 3. The monoisotopic (exact) mass is 426 g/mol. The van der Waals surface area contributed by atoms with Crippen molar-refractivity contribution >= 4 is 52.8 Å². The van der Waals surface area contributed by atoms with Gasteiger partial charge in [0.05, 0.1) is 18.2 Å². The lowest BCUT2D eigenvalue weighted by Gasteiger charge is -2.25. The molecule has 1 saturated heterocycles. The third-order valence-electron chi connectivity index (χ3n) is 3.59. The Hall–Kier alpha value is -2.65. The number of thiocarbonyl (C=S) groups is 1. The number of hydrogen-bond acceptors (Lipinski definition) is 7. The van der Waals surface area contributed by atoms with Crippen LogP contribution in [0.15, 0.2) is 17.7 Å². The number of halogens is 1. The van der Waals surface area contributed by atoms with E-state index in [1.165, 1.54) is 19.2 Å². The minimum Gasteiger partial charge on any atom is -0.490 e. The molecule has 0 bridgehead atoms. The average molecular weight is 427 g/mol. The van der Waals surface area contributed by atoms with E-state index in [1.54, 1.807) is 19.9 Å². The molecule has 1 N–H and O–H groups in total. The lowest BCUT2D eigenvalue weighted by molar-refractivity contribution is -0.145. The molecule has 10 heteroatoms. The highest BCUT2D eigenvalue weighted by Crippen LogP contribution is 2.37. The van der Waals surface area contributed by atoms with Crippen LogP contribution in [-0.2, 0) is 19.1 Å². The molecule has 1 aromatic rings. The van der Waals surface area contributed by atoms with Crippen molar-refractivity contribution in [2.75, 3.05) is 26.9 Å². The Bertz CT molecular complexity index is 855. The topological polar surface area (TPSA) is 94.2 Å². The second-order valence-electron chi connectivity index (χ2n) is 5.54. The Morgan fingerprint density at radius 3 is 2.61 bits per heavy atom. The molecule has 2 amide bonds. The van der Waals surface area contributed by atoms with Gasteiger partial charge in [0, 0.05) is 7.05 Å². The lowest BCUT2D eigenvalue weighted by Crippen LogP contribution is -2.52. The molecule has 0 atom stereocenters. The van der Waals surface area contributed by atoms with Crippen molar-refractivity contribution in [3.8, 4) is 11.5 Å². The smallest absolute Gasteiger partial charge is 0.344 e. The minimum atomic E-state index is -0.607. The largest absolute Gasteiger partial charge is 0.490 e. The van der Waals surface area contributed by atoms with E-state index in [-0.39, 0.29) is 40.4 Å². The second kappa shape index (κ2) is 9.52. The van der Waals surface area contributed by atoms with E-state index in [1.807, 2.05) is 0 Å². The highest BCUT2D eigenvalue weighted by Gasteiger charge is 2.31. The molecule has 1 heterocycles. The molecule has 1 aromatic carbocycles. The first-order chi connectivity index (χ1) is 13.3. The van der Waals surface area contributed by atoms with E-state index in [0.29, 0.717) is 12.2 Å². The number of rotatable bonds is 7. The van der Waals surface area contributed by atoms with Gasteiger partial charge >= 0.3 is 5.97 Å². The van der Waals surface area contributed by atoms with Crippen LogP contribution in [0.4, 0.5) is 0 Å². The molecule has 0 spiro atoms. The zero-order valence-electron chi connectivity index (χ0n) is 15.5. The van der Waals surface area contributed by atoms with Crippen LogP contribution < -0.4 is 14.8 Å². The fraction of sp³-hybridized carbons (Fsp3) is 0.333. The van der Waals surface area contributed by atoms with Crippen LogP contribution in [0, 0.1) is 0 Å². The molecule has 150 valence electrons. The summed E-state index contributed by atoms with van der Waals surface area (Å²) in [6.07, 6.45) is 1.37. The van der Waals surface area contributed by atoms with E-state index in [2.05, 4.69) is 5.32 Å². The molecule has 0 aliphatic carbocycles. The maximum atomic E-state index is 12.3. The Labute approximate surface area is 172 Å². The molecule has 0 radical (unpaired) electrons. The second-order valence-corrected chi connectivity index (χ2v) is 6.33. The number of nitrogens with zero attached hydrogens (tertiary/aromatic N) is 1. The zero-order chi connectivity index (χ0) is 20.8. The van der Waals surface area contributed by atoms with E-state index < -0.39 is 17.8 Å². The van der Waals surface area contributed by atoms with Crippen LogP contribution in [0.25, 0.3) is 6.08 Å². The van der Waals surface area contributed by atoms with E-state index in [9.17, 15) is 14.4 Å². The van der Waals surface area contributed by atoms with Crippen molar-refractivity contribution in [3.63, 3.8) is 0 Å². The molecule has 28 heavy (non-hydrogen) atoms. The first-order valence-corrected chi connectivity index (χ1v) is 9.16. The number of carbonyl (C=O) groups is 3. The summed E-state index contributed by atoms with van der Waals surface area (Å²) in [5.74, 6) is -1.26. The van der Waals surface area contributed by atoms with Gasteiger partial charge in [-0.15, -0.1) is 0 Å². The predicted molar refractivity (Wildman–Crippen MR) is 106 cm³/mol. The number of nitrogens with one attached hydrogen (secondary N) is 1. The molecule has 1 aliphatic rings. The molecule has 0 aromatic heterocycles. The Balaban J connectivity index is 2.36. The average Bonchev–Trinajstić information content (AvgIpc) is 2.63. The summed E-state index contributed by atoms with van der Waals surface area (Å²) >= 11 is 11.2. The molecule has 2 rings (SSSR count). The summed E-state index contributed by atoms with van der Waals surface area (Å²) in [6.45, 7) is 3.66. The molecule has 1 fully saturated rings. The summed E-state index contributed by atoms with van der Waals surface area (Å²) in [6, 6.07) is 3.04. The van der Waals surface area contributed by atoms with Gasteiger partial charge in [-0.1, -0.05) is 11.6 Å². The van der Waals surface area contributed by atoms with Gasteiger partial charge in [-0.25, -0.2) is 4.79 Å². The Kier molecular flexibility index (Phi) is 7.36. The highest BCUT2D eigenvalue weighted by atomic mass is 35.5. The van der Waals surface area contributed by atoms with Crippen molar-refractivity contribution in [3.05, 3.63) is 28.3 Å². The van der Waals surface area contributed by atoms with Gasteiger partial charge < -0.3 is 14.2 Å². The molecule has 0 saturated carbocycles. The maximum absolute atomic E-state index is 12.3. The van der Waals surface area contributed by atoms with Crippen molar-refractivity contribution in [1.82, 2.24) is 10.2 Å². The Morgan fingerprint density at radius 2 is 1.96 bits per heavy atom. The van der Waals surface area contributed by atoms with E-state index >= 15 is 0 Å². The summed E-state index contributed by atoms with van der Waals surface area (Å²) < 4.78 is 15.8. The number of esters is 1. The molecular weight excluding hydrogens is 408 g/mol. The third-order valence-corrected chi connectivity index (χ3v) is 4.24. The summed E-state index contributed by atoms with van der Waals surface area (Å²) in [4.78, 5) is 37.1. The number of ether oxygens (including phenoxy) is 3. The van der Waals surface area contributed by atoms with Crippen LogP contribution in [0.3, 0.4) is 0 Å². The van der Waals surface area contributed by atoms with Crippen molar-refractivity contribution in [2.45, 2.75) is 13.8 Å². The molecule has 0 unspecified atom stereocenters. The number of amides is 2. The fourth-order valence-corrected chi connectivity index (χ4v) is 2.77.